The van der Waals surface area contributed by atoms with Crippen LogP contribution in [0.2, 0.25) is 0 Å². The van der Waals surface area contributed by atoms with Crippen molar-refractivity contribution >= 4 is 18.1 Å². The minimum atomic E-state index is -0.439. The lowest BCUT2D eigenvalue weighted by molar-refractivity contribution is -0.385. The molecule has 0 aliphatic rings. The Balaban J connectivity index is 0.00000180. The number of aryl methyl sites for hydroxylation is 1. The van der Waals surface area contributed by atoms with E-state index in [1.54, 1.807) is 24.7 Å². The monoisotopic (exact) mass is 283 g/mol. The Kier molecular flexibility index (Phi) is 5.32. The van der Waals surface area contributed by atoms with Crippen molar-refractivity contribution in [1.82, 2.24) is 9.55 Å². The minimum Gasteiger partial charge on any atom is -0.485 e. The van der Waals surface area contributed by atoms with Gasteiger partial charge in [0, 0.05) is 18.5 Å². The van der Waals surface area contributed by atoms with Gasteiger partial charge in [0.2, 0.25) is 0 Å². The predicted molar refractivity (Wildman–Crippen MR) is 72.8 cm³/mol. The number of aromatic nitrogens is 2. The zero-order chi connectivity index (χ0) is 13.0. The van der Waals surface area contributed by atoms with Gasteiger partial charge in [-0.05, 0) is 18.6 Å². The van der Waals surface area contributed by atoms with Gasteiger partial charge in [-0.15, -0.1) is 12.4 Å². The fourth-order valence-corrected chi connectivity index (χ4v) is 1.57. The molecule has 1 aromatic heterocycles. The number of rotatable bonds is 5. The average molecular weight is 284 g/mol. The third-order valence-electron chi connectivity index (χ3n) is 2.48. The number of halogens is 1. The van der Waals surface area contributed by atoms with Crippen LogP contribution in [0.1, 0.15) is 5.56 Å². The average Bonchev–Trinajstić information content (AvgIpc) is 2.82. The van der Waals surface area contributed by atoms with E-state index in [-0.39, 0.29) is 18.1 Å². The second kappa shape index (κ2) is 6.75. The standard InChI is InChI=1S/C12H13N3O3.ClH/c1-10-2-3-11(15(16)17)12(8-10)18-7-6-14-5-4-13-9-14;/h2-5,8-9H,6-7H2,1H3;1H. The first-order valence-electron chi connectivity index (χ1n) is 5.50. The molecule has 0 amide bonds. The number of hydrogen-bond acceptors (Lipinski definition) is 4. The summed E-state index contributed by atoms with van der Waals surface area (Å²) in [5.74, 6) is 0.306. The molecular weight excluding hydrogens is 270 g/mol. The topological polar surface area (TPSA) is 70.2 Å². The number of ether oxygens (including phenoxy) is 1. The first-order chi connectivity index (χ1) is 8.66. The van der Waals surface area contributed by atoms with Gasteiger partial charge in [-0.1, -0.05) is 6.07 Å². The molecule has 0 bridgehead atoms. The van der Waals surface area contributed by atoms with Gasteiger partial charge in [0.15, 0.2) is 5.75 Å². The number of benzene rings is 1. The third kappa shape index (κ3) is 3.96. The van der Waals surface area contributed by atoms with E-state index in [0.29, 0.717) is 18.9 Å². The van der Waals surface area contributed by atoms with Crippen LogP contribution in [0.15, 0.2) is 36.9 Å². The van der Waals surface area contributed by atoms with E-state index in [4.69, 9.17) is 4.74 Å². The molecule has 102 valence electrons. The summed E-state index contributed by atoms with van der Waals surface area (Å²) in [4.78, 5) is 14.3. The zero-order valence-electron chi connectivity index (χ0n) is 10.4. The van der Waals surface area contributed by atoms with Crippen LogP contribution in [0.3, 0.4) is 0 Å². The van der Waals surface area contributed by atoms with Crippen LogP contribution in [-0.4, -0.2) is 21.1 Å². The molecule has 0 unspecified atom stereocenters. The largest absolute Gasteiger partial charge is 0.485 e. The fourth-order valence-electron chi connectivity index (χ4n) is 1.57. The van der Waals surface area contributed by atoms with Crippen LogP contribution in [0.4, 0.5) is 5.69 Å². The van der Waals surface area contributed by atoms with E-state index >= 15 is 0 Å². The minimum absolute atomic E-state index is 0. The quantitative estimate of drug-likeness (QED) is 0.625. The van der Waals surface area contributed by atoms with Crippen molar-refractivity contribution in [1.29, 1.82) is 0 Å². The van der Waals surface area contributed by atoms with E-state index < -0.39 is 4.92 Å². The maximum atomic E-state index is 10.8. The van der Waals surface area contributed by atoms with Gasteiger partial charge in [0.1, 0.15) is 6.61 Å². The van der Waals surface area contributed by atoms with Crippen LogP contribution in [-0.2, 0) is 6.54 Å². The van der Waals surface area contributed by atoms with Crippen molar-refractivity contribution in [3.8, 4) is 5.75 Å². The van der Waals surface area contributed by atoms with Gasteiger partial charge in [-0.3, -0.25) is 10.1 Å². The number of hydrogen-bond donors (Lipinski definition) is 0. The molecule has 0 radical (unpaired) electrons. The molecule has 2 aromatic rings. The third-order valence-corrected chi connectivity index (χ3v) is 2.48. The van der Waals surface area contributed by atoms with E-state index in [2.05, 4.69) is 4.98 Å². The first-order valence-corrected chi connectivity index (χ1v) is 5.50. The molecule has 7 heteroatoms. The summed E-state index contributed by atoms with van der Waals surface area (Å²) >= 11 is 0. The van der Waals surface area contributed by atoms with Crippen LogP contribution in [0, 0.1) is 17.0 Å². The molecule has 0 fully saturated rings. The lowest BCUT2D eigenvalue weighted by atomic mass is 10.2. The molecule has 19 heavy (non-hydrogen) atoms. The normalized spacial score (nSPS) is 9.74. The van der Waals surface area contributed by atoms with E-state index in [0.717, 1.165) is 5.56 Å². The van der Waals surface area contributed by atoms with E-state index in [1.807, 2.05) is 17.7 Å². The molecule has 0 aliphatic carbocycles. The molecule has 0 saturated carbocycles. The summed E-state index contributed by atoms with van der Waals surface area (Å²) in [5.41, 5.74) is 0.921. The molecule has 0 saturated heterocycles. The smallest absolute Gasteiger partial charge is 0.310 e. The van der Waals surface area contributed by atoms with Crippen molar-refractivity contribution < 1.29 is 9.66 Å². The van der Waals surface area contributed by atoms with E-state index in [1.165, 1.54) is 6.07 Å². The van der Waals surface area contributed by atoms with Crippen LogP contribution in [0.5, 0.6) is 5.75 Å². The molecular formula is C12H14ClN3O3. The van der Waals surface area contributed by atoms with Gasteiger partial charge in [-0.2, -0.15) is 0 Å². The SMILES string of the molecule is Cc1ccc([N+](=O)[O-])c(OCCn2ccnc2)c1.Cl. The van der Waals surface area contributed by atoms with Crippen molar-refractivity contribution in [3.05, 3.63) is 52.6 Å². The molecule has 1 heterocycles. The number of imidazole rings is 1. The summed E-state index contributed by atoms with van der Waals surface area (Å²) in [6.07, 6.45) is 5.16. The summed E-state index contributed by atoms with van der Waals surface area (Å²) in [5, 5.41) is 10.8. The Morgan fingerprint density at radius 3 is 2.89 bits per heavy atom. The van der Waals surface area contributed by atoms with Crippen LogP contribution in [0.25, 0.3) is 0 Å². The van der Waals surface area contributed by atoms with Crippen molar-refractivity contribution in [2.45, 2.75) is 13.5 Å². The Morgan fingerprint density at radius 2 is 2.26 bits per heavy atom. The molecule has 0 spiro atoms. The molecule has 2 rings (SSSR count). The first kappa shape index (κ1) is 15.0. The second-order valence-corrected chi connectivity index (χ2v) is 3.88. The Morgan fingerprint density at radius 1 is 1.47 bits per heavy atom. The number of nitro groups is 1. The summed E-state index contributed by atoms with van der Waals surface area (Å²) in [7, 11) is 0. The van der Waals surface area contributed by atoms with Crippen molar-refractivity contribution in [3.63, 3.8) is 0 Å². The van der Waals surface area contributed by atoms with Gasteiger partial charge in [0.25, 0.3) is 0 Å². The summed E-state index contributed by atoms with van der Waals surface area (Å²) in [6, 6.07) is 4.83. The summed E-state index contributed by atoms with van der Waals surface area (Å²) in [6.45, 7) is 2.83. The molecule has 6 nitrogen and oxygen atoms in total. The predicted octanol–water partition coefficient (Wildman–Crippen LogP) is 2.60. The van der Waals surface area contributed by atoms with Gasteiger partial charge < -0.3 is 9.30 Å². The van der Waals surface area contributed by atoms with Crippen molar-refractivity contribution in [2.75, 3.05) is 6.61 Å². The van der Waals surface area contributed by atoms with Crippen LogP contribution < -0.4 is 4.74 Å². The Labute approximate surface area is 116 Å². The molecule has 0 aliphatic heterocycles. The van der Waals surface area contributed by atoms with Gasteiger partial charge in [0.05, 0.1) is 17.8 Å². The lowest BCUT2D eigenvalue weighted by Crippen LogP contribution is -2.07. The van der Waals surface area contributed by atoms with Gasteiger partial charge in [-0.25, -0.2) is 4.98 Å². The maximum absolute atomic E-state index is 10.8. The zero-order valence-corrected chi connectivity index (χ0v) is 11.2. The summed E-state index contributed by atoms with van der Waals surface area (Å²) < 4.78 is 7.31. The molecule has 0 atom stereocenters. The highest BCUT2D eigenvalue weighted by molar-refractivity contribution is 5.85. The molecule has 1 aromatic carbocycles. The highest BCUT2D eigenvalue weighted by atomic mass is 35.5. The lowest BCUT2D eigenvalue weighted by Gasteiger charge is -2.07. The number of nitro benzene ring substituents is 1. The highest BCUT2D eigenvalue weighted by Crippen LogP contribution is 2.27. The number of nitrogens with zero attached hydrogens (tertiary/aromatic N) is 3. The van der Waals surface area contributed by atoms with Crippen molar-refractivity contribution in [2.24, 2.45) is 0 Å². The highest BCUT2D eigenvalue weighted by Gasteiger charge is 2.14. The second-order valence-electron chi connectivity index (χ2n) is 3.88. The van der Waals surface area contributed by atoms with E-state index in [9.17, 15) is 10.1 Å². The fraction of sp³-hybridized carbons (Fsp3) is 0.250. The van der Waals surface area contributed by atoms with Gasteiger partial charge >= 0.3 is 5.69 Å². The van der Waals surface area contributed by atoms with Crippen LogP contribution >= 0.6 is 12.4 Å². The maximum Gasteiger partial charge on any atom is 0.310 e. The molecule has 0 N–H and O–H groups in total. The Bertz CT molecular complexity index is 543. The Hall–Kier alpha value is -2.08.